The lowest BCUT2D eigenvalue weighted by Crippen LogP contribution is -2.41. The van der Waals surface area contributed by atoms with Crippen molar-refractivity contribution in [1.29, 1.82) is 0 Å². The Morgan fingerprint density at radius 3 is 1.24 bits per heavy atom. The molecule has 20 nitrogen and oxygen atoms in total. The summed E-state index contributed by atoms with van der Waals surface area (Å²) in [4.78, 5) is 49.3. The molecule has 9 aromatic rings. The van der Waals surface area contributed by atoms with Gasteiger partial charge in [0.05, 0.1) is 44.5 Å². The van der Waals surface area contributed by atoms with Crippen LogP contribution in [-0.4, -0.2) is 125 Å². The van der Waals surface area contributed by atoms with Crippen molar-refractivity contribution in [1.82, 2.24) is 64.1 Å². The minimum atomic E-state index is -0.980. The Labute approximate surface area is 533 Å². The molecule has 3 aromatic carbocycles. The van der Waals surface area contributed by atoms with Gasteiger partial charge in [0.15, 0.2) is 0 Å². The van der Waals surface area contributed by atoms with Gasteiger partial charge in [0.1, 0.15) is 34.9 Å². The van der Waals surface area contributed by atoms with E-state index in [-0.39, 0.29) is 24.2 Å². The molecule has 4 aliphatic rings. The molecule has 22 heteroatoms. The minimum Gasteiger partial charge on any atom is -0.481 e. The number of hydrogen-bond acceptors (Lipinski definition) is 14. The van der Waals surface area contributed by atoms with Crippen molar-refractivity contribution >= 4 is 46.4 Å². The summed E-state index contributed by atoms with van der Waals surface area (Å²) in [5.74, 6) is 4.14. The number of halogens is 1. The largest absolute Gasteiger partial charge is 0.494 e. The van der Waals surface area contributed by atoms with Gasteiger partial charge < -0.3 is 24.4 Å². The molecule has 0 unspecified atom stereocenters. The summed E-state index contributed by atoms with van der Waals surface area (Å²) >= 11 is 3.25. The van der Waals surface area contributed by atoms with Gasteiger partial charge in [-0.05, 0) is 224 Å². The molecule has 13 rings (SSSR count). The van der Waals surface area contributed by atoms with E-state index in [1.54, 1.807) is 83.7 Å². The fourth-order valence-electron chi connectivity index (χ4n) is 11.5. The number of likely N-dealkylation sites (N-methyl/N-ethyl adjacent to an activating group) is 1. The second-order valence-electron chi connectivity index (χ2n) is 26.2. The highest BCUT2D eigenvalue weighted by Crippen LogP contribution is 2.38. The Morgan fingerprint density at radius 1 is 0.489 bits per heavy atom. The van der Waals surface area contributed by atoms with Gasteiger partial charge in [-0.25, -0.2) is 0 Å². The number of benzene rings is 3. The average Bonchev–Trinajstić information content (AvgIpc) is 1.67. The van der Waals surface area contributed by atoms with Crippen LogP contribution in [0.2, 0.25) is 0 Å². The second kappa shape index (κ2) is 24.7. The molecule has 1 saturated heterocycles. The molecule has 466 valence electrons. The van der Waals surface area contributed by atoms with E-state index in [1.165, 1.54) is 22.4 Å². The number of pyridine rings is 3. The van der Waals surface area contributed by atoms with Gasteiger partial charge in [0.2, 0.25) is 5.91 Å². The van der Waals surface area contributed by atoms with Gasteiger partial charge in [-0.3, -0.25) is 43.0 Å². The molecule has 0 bridgehead atoms. The fraction of sp³-hybridized carbons (Fsp3) is 0.382. The van der Waals surface area contributed by atoms with Crippen molar-refractivity contribution in [3.8, 4) is 39.3 Å². The van der Waals surface area contributed by atoms with E-state index in [0.717, 1.165) is 123 Å². The van der Waals surface area contributed by atoms with Crippen LogP contribution in [0.1, 0.15) is 138 Å². The van der Waals surface area contributed by atoms with Crippen molar-refractivity contribution in [2.75, 3.05) is 14.1 Å². The number of carbonyl (C=O) groups excluding carboxylic acids is 1. The van der Waals surface area contributed by atoms with E-state index in [9.17, 15) is 19.5 Å². The lowest BCUT2D eigenvalue weighted by atomic mass is 9.77. The van der Waals surface area contributed by atoms with Crippen molar-refractivity contribution in [2.24, 2.45) is 0 Å². The van der Waals surface area contributed by atoms with Gasteiger partial charge in [-0.15, -0.1) is 30.6 Å². The molecule has 4 aliphatic heterocycles. The Hall–Kier alpha value is -8.60. The maximum atomic E-state index is 12.6. The van der Waals surface area contributed by atoms with Crippen LogP contribution in [0.15, 0.2) is 114 Å². The summed E-state index contributed by atoms with van der Waals surface area (Å²) < 4.78 is 19.5. The first-order valence-electron chi connectivity index (χ1n) is 30.1. The molecule has 0 saturated carbocycles. The highest BCUT2D eigenvalue weighted by molar-refractivity contribution is 9.10. The Morgan fingerprint density at radius 2 is 0.856 bits per heavy atom. The third kappa shape index (κ3) is 12.5. The summed E-state index contributed by atoms with van der Waals surface area (Å²) in [5.41, 5.74) is 11.6. The van der Waals surface area contributed by atoms with Gasteiger partial charge >= 0.3 is 19.1 Å². The molecule has 0 aliphatic carbocycles. The predicted octanol–water partition coefficient (Wildman–Crippen LogP) is 10.4. The first kappa shape index (κ1) is 64.4. The summed E-state index contributed by atoms with van der Waals surface area (Å²) in [6.45, 7) is 24.8. The Kier molecular flexibility index (Phi) is 17.6. The molecular formula is C68H77BBrN13O7. The number of amides is 1. The Bertz CT molecular complexity index is 4220. The number of carbonyl (C=O) groups is 3. The maximum absolute atomic E-state index is 12.6. The summed E-state index contributed by atoms with van der Waals surface area (Å²) in [5, 5.41) is 43.8. The number of rotatable bonds is 9. The van der Waals surface area contributed by atoms with Crippen LogP contribution in [0.5, 0.6) is 0 Å². The topological polar surface area (TPSA) is 244 Å². The molecule has 0 radical (unpaired) electrons. The molecular weight excluding hydrogens is 1200 g/mol. The average molecular weight is 1280 g/mol. The summed E-state index contributed by atoms with van der Waals surface area (Å²) in [6, 6.07) is 24.9. The first-order valence-corrected chi connectivity index (χ1v) is 30.9. The normalized spacial score (nSPS) is 14.9. The van der Waals surface area contributed by atoms with Crippen molar-refractivity contribution in [3.63, 3.8) is 0 Å². The molecule has 2 N–H and O–H groups in total. The number of aliphatic carboxylic acids is 2. The van der Waals surface area contributed by atoms with E-state index < -0.39 is 28.2 Å². The molecule has 90 heavy (non-hydrogen) atoms. The zero-order valence-corrected chi connectivity index (χ0v) is 55.4. The highest BCUT2D eigenvalue weighted by atomic mass is 79.9. The van der Waals surface area contributed by atoms with E-state index in [1.807, 2.05) is 52.9 Å². The van der Waals surface area contributed by atoms with E-state index >= 15 is 0 Å². The second-order valence-corrected chi connectivity index (χ2v) is 27.1. The predicted molar refractivity (Wildman–Crippen MR) is 348 cm³/mol. The van der Waals surface area contributed by atoms with E-state index in [4.69, 9.17) is 14.4 Å². The quantitative estimate of drug-likeness (QED) is 0.128. The molecule has 1 fully saturated rings. The van der Waals surface area contributed by atoms with Crippen molar-refractivity contribution in [2.45, 2.75) is 156 Å². The van der Waals surface area contributed by atoms with E-state index in [0.29, 0.717) is 11.1 Å². The van der Waals surface area contributed by atoms with Crippen LogP contribution in [0, 0.1) is 20.8 Å². The number of fused-ring (bicyclic) bond motifs is 9. The third-order valence-electron chi connectivity index (χ3n) is 18.1. The number of nitrogens with zero attached hydrogens (tertiary/aromatic N) is 13. The van der Waals surface area contributed by atoms with Crippen LogP contribution in [0.25, 0.3) is 39.3 Å². The number of carboxylic acids is 2. The number of carboxylic acid groups (broad SMARTS) is 2. The van der Waals surface area contributed by atoms with Crippen LogP contribution in [0.3, 0.4) is 0 Å². The zero-order chi connectivity index (χ0) is 65.0. The zero-order valence-electron chi connectivity index (χ0n) is 53.8. The third-order valence-corrected chi connectivity index (χ3v) is 18.5. The fourth-order valence-corrected chi connectivity index (χ4v) is 11.8. The molecule has 6 aromatic heterocycles. The van der Waals surface area contributed by atoms with Crippen LogP contribution >= 0.6 is 15.9 Å². The van der Waals surface area contributed by atoms with Crippen LogP contribution < -0.4 is 5.46 Å². The van der Waals surface area contributed by atoms with Crippen molar-refractivity contribution < 1.29 is 33.9 Å². The first-order chi connectivity index (χ1) is 42.4. The molecule has 0 atom stereocenters. The van der Waals surface area contributed by atoms with Crippen molar-refractivity contribution in [3.05, 3.63) is 183 Å². The highest BCUT2D eigenvalue weighted by Gasteiger charge is 2.52. The summed E-state index contributed by atoms with van der Waals surface area (Å²) in [6.07, 6.45) is 15.7. The molecule has 0 spiro atoms. The lowest BCUT2D eigenvalue weighted by molar-refractivity contribution is -0.143. The lowest BCUT2D eigenvalue weighted by Gasteiger charge is -2.32. The van der Waals surface area contributed by atoms with Gasteiger partial charge in [-0.1, -0.05) is 24.3 Å². The van der Waals surface area contributed by atoms with Gasteiger partial charge in [0, 0.05) is 86.1 Å². The number of aromatic nitrogens is 12. The molecule has 1 amide bonds. The number of aryl methyl sites for hydroxylation is 9. The summed E-state index contributed by atoms with van der Waals surface area (Å²) in [7, 11) is 3.26. The monoisotopic (exact) mass is 1280 g/mol. The van der Waals surface area contributed by atoms with E-state index in [2.05, 4.69) is 157 Å². The smallest absolute Gasteiger partial charge is 0.481 e. The Balaban J connectivity index is 0.000000136. The number of hydrogen-bond donors (Lipinski definition) is 2. The van der Waals surface area contributed by atoms with Gasteiger partial charge in [0.25, 0.3) is 0 Å². The standard InChI is InChI=1S/C22H25N5O.C20H20N4O2.C17H22BN3O2.C9H10BrNO2/c1-14-24-25-20-9-7-16-10-15(6-8-19(16)27(14)20)17-11-18(13-23-12-17)22(2,3)21(28)26(4)5;1-12-22-23-18-7-5-14-8-13(4-6-17(14)24(12)18)15-9-16(11-21-10-15)20(2,3)19(25)26;1-11-19-20-15-9-6-12-10-13(7-8-14(12)21(11)15)18-22-16(2,3)17(4,5)23-18;1-9(2,8(12)13)6-3-7(10)5-11-4-6/h6,8,10-13H,7,9H2,1-5H3;4,6,8-11H,5,7H2,1-3H3,(H,25,26);7-8,10H,6,9H2,1-5H3;3-5H,1-2H3,(H,12,13). The SMILES string of the molecule is CC(C)(C(=O)O)c1cncc(Br)c1.Cc1nnc2n1-c1ccc(-c3cncc(C(C)(C)C(=O)N(C)C)c3)cc1CC2.Cc1nnc2n1-c1ccc(-c3cncc(C(C)(C)C(=O)O)c3)cc1CC2.Cc1nnc2n1-c1ccc(B3OC(C)(C)C(C)(C)O3)cc1CC2. The van der Waals surface area contributed by atoms with Gasteiger partial charge in [-0.2, -0.15) is 0 Å². The van der Waals surface area contributed by atoms with Crippen LogP contribution in [-0.2, 0) is 78.5 Å². The molecule has 10 heterocycles. The minimum absolute atomic E-state index is 0.0625. The maximum Gasteiger partial charge on any atom is 0.494 e. The van der Waals surface area contributed by atoms with Crippen LogP contribution in [0.4, 0.5) is 0 Å².